The van der Waals surface area contributed by atoms with Gasteiger partial charge < -0.3 is 9.88 Å². The molecule has 5 heteroatoms. The molecule has 0 fully saturated rings. The largest absolute Gasteiger partial charge is 0.329 e. The van der Waals surface area contributed by atoms with Gasteiger partial charge >= 0.3 is 0 Å². The molecular weight excluding hydrogens is 269 g/mol. The predicted octanol–water partition coefficient (Wildman–Crippen LogP) is 3.35. The van der Waals surface area contributed by atoms with Crippen molar-refractivity contribution in [1.29, 1.82) is 0 Å². The van der Waals surface area contributed by atoms with Crippen molar-refractivity contribution < 1.29 is 0 Å². The highest BCUT2D eigenvalue weighted by atomic mass is 35.5. The first-order valence-corrected chi connectivity index (χ1v) is 6.61. The Kier molecular flexibility index (Phi) is 4.64. The summed E-state index contributed by atoms with van der Waals surface area (Å²) in [5, 5.41) is 4.46. The fourth-order valence-corrected chi connectivity index (χ4v) is 2.12. The number of hydrogen-bond donors (Lipinski definition) is 1. The van der Waals surface area contributed by atoms with Gasteiger partial charge in [0.15, 0.2) is 0 Å². The Balaban J connectivity index is 2.18. The molecule has 1 aromatic carbocycles. The highest BCUT2D eigenvalue weighted by Gasteiger charge is 2.07. The molecule has 1 heterocycles. The first-order chi connectivity index (χ1) is 8.72. The van der Waals surface area contributed by atoms with Crippen LogP contribution in [0.3, 0.4) is 0 Å². The monoisotopic (exact) mass is 283 g/mol. The summed E-state index contributed by atoms with van der Waals surface area (Å²) >= 11 is 12.2. The first kappa shape index (κ1) is 13.4. The second-order valence-corrected chi connectivity index (χ2v) is 4.75. The zero-order valence-corrected chi connectivity index (χ0v) is 11.7. The van der Waals surface area contributed by atoms with E-state index in [2.05, 4.69) is 21.8 Å². The molecule has 0 amide bonds. The fraction of sp³-hybridized carbons (Fsp3) is 0.308. The minimum atomic E-state index is 0.586. The van der Waals surface area contributed by atoms with Crippen molar-refractivity contribution in [3.63, 3.8) is 0 Å². The van der Waals surface area contributed by atoms with Crippen LogP contribution in [-0.2, 0) is 13.1 Å². The standard InChI is InChI=1S/C13H15Cl2N3/c1-2-16-8-12-17-6-7-18(12)9-10-4-3-5-11(14)13(10)15/h3-7,16H,2,8-9H2,1H3. The molecule has 0 aliphatic heterocycles. The van der Waals surface area contributed by atoms with Gasteiger partial charge in [-0.1, -0.05) is 42.3 Å². The Hall–Kier alpha value is -1.03. The van der Waals surface area contributed by atoms with Crippen molar-refractivity contribution >= 4 is 23.2 Å². The van der Waals surface area contributed by atoms with Crippen molar-refractivity contribution in [3.8, 4) is 0 Å². The molecule has 0 unspecified atom stereocenters. The van der Waals surface area contributed by atoms with Gasteiger partial charge in [-0.2, -0.15) is 0 Å². The lowest BCUT2D eigenvalue weighted by atomic mass is 10.2. The number of aromatic nitrogens is 2. The Morgan fingerprint density at radius 2 is 2.17 bits per heavy atom. The van der Waals surface area contributed by atoms with Gasteiger partial charge in [0.1, 0.15) is 5.82 Å². The van der Waals surface area contributed by atoms with Crippen LogP contribution >= 0.6 is 23.2 Å². The summed E-state index contributed by atoms with van der Waals surface area (Å²) in [5.74, 6) is 0.993. The van der Waals surface area contributed by atoms with Gasteiger partial charge in [-0.3, -0.25) is 0 Å². The second-order valence-electron chi connectivity index (χ2n) is 3.96. The van der Waals surface area contributed by atoms with Crippen LogP contribution in [0.15, 0.2) is 30.6 Å². The minimum absolute atomic E-state index is 0.586. The van der Waals surface area contributed by atoms with Crippen LogP contribution in [-0.4, -0.2) is 16.1 Å². The van der Waals surface area contributed by atoms with Gasteiger partial charge in [-0.05, 0) is 18.2 Å². The number of benzene rings is 1. The molecule has 0 saturated heterocycles. The molecule has 0 aliphatic carbocycles. The number of imidazole rings is 1. The predicted molar refractivity (Wildman–Crippen MR) is 75.2 cm³/mol. The Morgan fingerprint density at radius 3 is 2.94 bits per heavy atom. The molecule has 18 heavy (non-hydrogen) atoms. The lowest BCUT2D eigenvalue weighted by Gasteiger charge is -2.10. The van der Waals surface area contributed by atoms with Gasteiger partial charge in [0.05, 0.1) is 23.1 Å². The van der Waals surface area contributed by atoms with Crippen molar-refractivity contribution in [2.45, 2.75) is 20.0 Å². The lowest BCUT2D eigenvalue weighted by molar-refractivity contribution is 0.639. The van der Waals surface area contributed by atoms with Crippen LogP contribution in [0.25, 0.3) is 0 Å². The van der Waals surface area contributed by atoms with Crippen molar-refractivity contribution in [2.24, 2.45) is 0 Å². The Bertz CT molecular complexity index is 523. The summed E-state index contributed by atoms with van der Waals surface area (Å²) < 4.78 is 2.07. The maximum Gasteiger partial charge on any atom is 0.122 e. The van der Waals surface area contributed by atoms with Crippen molar-refractivity contribution in [1.82, 2.24) is 14.9 Å². The third-order valence-electron chi connectivity index (χ3n) is 2.71. The molecule has 0 aliphatic rings. The first-order valence-electron chi connectivity index (χ1n) is 5.86. The van der Waals surface area contributed by atoms with Crippen molar-refractivity contribution in [3.05, 3.63) is 52.0 Å². The minimum Gasteiger partial charge on any atom is -0.329 e. The Morgan fingerprint density at radius 1 is 1.33 bits per heavy atom. The third-order valence-corrected chi connectivity index (χ3v) is 3.57. The van der Waals surface area contributed by atoms with Crippen LogP contribution in [0.5, 0.6) is 0 Å². The van der Waals surface area contributed by atoms with Crippen LogP contribution in [0.1, 0.15) is 18.3 Å². The van der Waals surface area contributed by atoms with E-state index in [0.29, 0.717) is 16.6 Å². The van der Waals surface area contributed by atoms with Gasteiger partial charge in [-0.15, -0.1) is 0 Å². The molecule has 1 N–H and O–H groups in total. The van der Waals surface area contributed by atoms with Crippen molar-refractivity contribution in [2.75, 3.05) is 6.54 Å². The zero-order chi connectivity index (χ0) is 13.0. The summed E-state index contributed by atoms with van der Waals surface area (Å²) in [7, 11) is 0. The van der Waals surface area contributed by atoms with E-state index in [1.54, 1.807) is 12.3 Å². The van der Waals surface area contributed by atoms with Gasteiger partial charge in [0.2, 0.25) is 0 Å². The van der Waals surface area contributed by atoms with Gasteiger partial charge in [-0.25, -0.2) is 4.98 Å². The average molecular weight is 284 g/mol. The third kappa shape index (κ3) is 3.05. The van der Waals surface area contributed by atoms with Crippen LogP contribution in [0, 0.1) is 0 Å². The van der Waals surface area contributed by atoms with E-state index in [1.807, 2.05) is 18.3 Å². The summed E-state index contributed by atoms with van der Waals surface area (Å²) in [4.78, 5) is 4.33. The molecule has 0 bridgehead atoms. The molecule has 1 aromatic heterocycles. The number of hydrogen-bond acceptors (Lipinski definition) is 2. The molecule has 3 nitrogen and oxygen atoms in total. The van der Waals surface area contributed by atoms with E-state index in [0.717, 1.165) is 24.5 Å². The quantitative estimate of drug-likeness (QED) is 0.912. The van der Waals surface area contributed by atoms with E-state index in [1.165, 1.54) is 0 Å². The van der Waals surface area contributed by atoms with E-state index in [9.17, 15) is 0 Å². The van der Waals surface area contributed by atoms with E-state index < -0.39 is 0 Å². The highest BCUT2D eigenvalue weighted by Crippen LogP contribution is 2.26. The van der Waals surface area contributed by atoms with Crippen LogP contribution < -0.4 is 5.32 Å². The summed E-state index contributed by atoms with van der Waals surface area (Å²) in [6.45, 7) is 4.42. The maximum absolute atomic E-state index is 6.19. The van der Waals surface area contributed by atoms with E-state index in [-0.39, 0.29) is 0 Å². The summed E-state index contributed by atoms with van der Waals surface area (Å²) in [5.41, 5.74) is 1.000. The second kappa shape index (κ2) is 6.23. The summed E-state index contributed by atoms with van der Waals surface area (Å²) in [6, 6.07) is 5.68. The molecular formula is C13H15Cl2N3. The van der Waals surface area contributed by atoms with Gasteiger partial charge in [0.25, 0.3) is 0 Å². The lowest BCUT2D eigenvalue weighted by Crippen LogP contribution is -2.16. The highest BCUT2D eigenvalue weighted by molar-refractivity contribution is 6.42. The molecule has 96 valence electrons. The number of halogens is 2. The van der Waals surface area contributed by atoms with E-state index >= 15 is 0 Å². The molecule has 0 saturated carbocycles. The summed E-state index contributed by atoms with van der Waals surface area (Å²) in [6.07, 6.45) is 3.75. The molecule has 2 rings (SSSR count). The van der Waals surface area contributed by atoms with E-state index in [4.69, 9.17) is 23.2 Å². The smallest absolute Gasteiger partial charge is 0.122 e. The average Bonchev–Trinajstić information content (AvgIpc) is 2.80. The topological polar surface area (TPSA) is 29.9 Å². The zero-order valence-electron chi connectivity index (χ0n) is 10.2. The molecule has 2 aromatic rings. The van der Waals surface area contributed by atoms with Gasteiger partial charge in [0, 0.05) is 12.4 Å². The molecule has 0 spiro atoms. The fourth-order valence-electron chi connectivity index (χ4n) is 1.74. The maximum atomic E-state index is 6.19. The van der Waals surface area contributed by atoms with Crippen LogP contribution in [0.4, 0.5) is 0 Å². The SMILES string of the molecule is CCNCc1nccn1Cc1cccc(Cl)c1Cl. The number of nitrogens with one attached hydrogen (secondary N) is 1. The Labute approximate surface area is 117 Å². The number of rotatable bonds is 5. The number of nitrogens with zero attached hydrogens (tertiary/aromatic N) is 2. The van der Waals surface area contributed by atoms with Crippen LogP contribution in [0.2, 0.25) is 10.0 Å². The normalized spacial score (nSPS) is 10.8. The molecule has 0 radical (unpaired) electrons. The molecule has 0 atom stereocenters.